The third kappa shape index (κ3) is 2.16. The van der Waals surface area contributed by atoms with E-state index in [2.05, 4.69) is 36.4 Å². The van der Waals surface area contributed by atoms with E-state index >= 15 is 0 Å². The Balaban J connectivity index is 1.86. The summed E-state index contributed by atoms with van der Waals surface area (Å²) in [6.07, 6.45) is 0. The van der Waals surface area contributed by atoms with Crippen LogP contribution in [-0.2, 0) is 0 Å². The molecule has 0 saturated carbocycles. The molecule has 3 nitrogen and oxygen atoms in total. The summed E-state index contributed by atoms with van der Waals surface area (Å²) in [6, 6.07) is 19.0. The lowest BCUT2D eigenvalue weighted by atomic mass is 10.0. The van der Waals surface area contributed by atoms with Crippen molar-refractivity contribution in [1.82, 2.24) is 9.80 Å². The van der Waals surface area contributed by atoms with Crippen molar-refractivity contribution in [1.29, 1.82) is 0 Å². The predicted octanol–water partition coefficient (Wildman–Crippen LogP) is 3.39. The fourth-order valence-electron chi connectivity index (χ4n) is 2.72. The topological polar surface area (TPSA) is 23.6 Å². The van der Waals surface area contributed by atoms with Crippen molar-refractivity contribution in [2.45, 2.75) is 6.04 Å². The monoisotopic (exact) mass is 266 g/mol. The second-order valence-electron chi connectivity index (χ2n) is 5.28. The molecule has 2 aromatic rings. The third-order valence-corrected chi connectivity index (χ3v) is 3.95. The van der Waals surface area contributed by atoms with Gasteiger partial charge >= 0.3 is 6.03 Å². The molecule has 0 bridgehead atoms. The van der Waals surface area contributed by atoms with Crippen LogP contribution in [0.25, 0.3) is 11.1 Å². The molecule has 1 unspecified atom stereocenters. The summed E-state index contributed by atoms with van der Waals surface area (Å²) in [4.78, 5) is 15.4. The van der Waals surface area contributed by atoms with Crippen LogP contribution in [-0.4, -0.2) is 36.5 Å². The largest absolute Gasteiger partial charge is 0.325 e. The van der Waals surface area contributed by atoms with Crippen LogP contribution in [0.2, 0.25) is 0 Å². The van der Waals surface area contributed by atoms with Crippen LogP contribution in [0.3, 0.4) is 0 Å². The Morgan fingerprint density at radius 3 is 2.05 bits per heavy atom. The number of carbonyl (C=O) groups excluding carboxylic acids is 1. The standard InChI is InChI=1S/C17H18N2O/c1-18-12-16(19(2)17(18)20)15-10-8-14(9-11-15)13-6-4-3-5-7-13/h3-11,16H,12H2,1-2H3. The number of hydrogen-bond donors (Lipinski definition) is 0. The molecule has 0 spiro atoms. The molecule has 0 N–H and O–H groups in total. The average molecular weight is 266 g/mol. The van der Waals surface area contributed by atoms with Gasteiger partial charge in [0, 0.05) is 20.6 Å². The van der Waals surface area contributed by atoms with Crippen LogP contribution in [0.4, 0.5) is 4.79 Å². The van der Waals surface area contributed by atoms with E-state index in [1.165, 1.54) is 16.7 Å². The van der Waals surface area contributed by atoms with Gasteiger partial charge in [0.15, 0.2) is 0 Å². The van der Waals surface area contributed by atoms with E-state index in [0.29, 0.717) is 0 Å². The lowest BCUT2D eigenvalue weighted by molar-refractivity contribution is 0.201. The number of rotatable bonds is 2. The van der Waals surface area contributed by atoms with E-state index in [4.69, 9.17) is 0 Å². The van der Waals surface area contributed by atoms with Crippen LogP contribution in [0, 0.1) is 0 Å². The Kier molecular flexibility index (Phi) is 3.18. The highest BCUT2D eigenvalue weighted by molar-refractivity contribution is 5.77. The first kappa shape index (κ1) is 12.7. The van der Waals surface area contributed by atoms with Crippen LogP contribution in [0.15, 0.2) is 54.6 Å². The maximum atomic E-state index is 11.8. The van der Waals surface area contributed by atoms with Gasteiger partial charge in [-0.2, -0.15) is 0 Å². The Bertz CT molecular complexity index is 607. The summed E-state index contributed by atoms with van der Waals surface area (Å²) >= 11 is 0. The first-order valence-corrected chi connectivity index (χ1v) is 6.80. The van der Waals surface area contributed by atoms with E-state index in [1.54, 1.807) is 9.80 Å². The van der Waals surface area contributed by atoms with E-state index in [0.717, 1.165) is 6.54 Å². The zero-order valence-electron chi connectivity index (χ0n) is 11.8. The molecule has 0 aliphatic carbocycles. The highest BCUT2D eigenvalue weighted by Crippen LogP contribution is 2.29. The van der Waals surface area contributed by atoms with Gasteiger partial charge in [-0.15, -0.1) is 0 Å². The van der Waals surface area contributed by atoms with Crippen molar-refractivity contribution in [3.8, 4) is 11.1 Å². The van der Waals surface area contributed by atoms with Crippen LogP contribution < -0.4 is 0 Å². The molecule has 3 rings (SSSR count). The van der Waals surface area contributed by atoms with E-state index < -0.39 is 0 Å². The van der Waals surface area contributed by atoms with Crippen molar-refractivity contribution in [2.24, 2.45) is 0 Å². The Morgan fingerprint density at radius 1 is 0.900 bits per heavy atom. The summed E-state index contributed by atoms with van der Waals surface area (Å²) in [5.41, 5.74) is 3.60. The Morgan fingerprint density at radius 2 is 1.50 bits per heavy atom. The van der Waals surface area contributed by atoms with Crippen LogP contribution in [0.1, 0.15) is 11.6 Å². The summed E-state index contributed by atoms with van der Waals surface area (Å²) in [6.45, 7) is 0.750. The van der Waals surface area contributed by atoms with Crippen molar-refractivity contribution < 1.29 is 4.79 Å². The number of nitrogens with zero attached hydrogens (tertiary/aromatic N) is 2. The fraction of sp³-hybridized carbons (Fsp3) is 0.235. The number of likely N-dealkylation sites (N-methyl/N-ethyl adjacent to an activating group) is 2. The van der Waals surface area contributed by atoms with Crippen molar-refractivity contribution in [2.75, 3.05) is 20.6 Å². The molecule has 20 heavy (non-hydrogen) atoms. The van der Waals surface area contributed by atoms with Gasteiger partial charge in [0.2, 0.25) is 0 Å². The summed E-state index contributed by atoms with van der Waals surface area (Å²) in [5, 5.41) is 0. The van der Waals surface area contributed by atoms with Crippen molar-refractivity contribution >= 4 is 6.03 Å². The minimum absolute atomic E-state index is 0.0853. The smallest absolute Gasteiger partial charge is 0.320 e. The highest BCUT2D eigenvalue weighted by Gasteiger charge is 2.32. The predicted molar refractivity (Wildman–Crippen MR) is 80.4 cm³/mol. The van der Waals surface area contributed by atoms with Crippen molar-refractivity contribution in [3.05, 3.63) is 60.2 Å². The Labute approximate surface area is 119 Å². The molecular weight excluding hydrogens is 248 g/mol. The average Bonchev–Trinajstić information content (AvgIpc) is 2.76. The van der Waals surface area contributed by atoms with Crippen molar-refractivity contribution in [3.63, 3.8) is 0 Å². The first-order valence-electron chi connectivity index (χ1n) is 6.80. The van der Waals surface area contributed by atoms with Crippen LogP contribution in [0.5, 0.6) is 0 Å². The summed E-state index contributed by atoms with van der Waals surface area (Å²) in [5.74, 6) is 0. The number of hydrogen-bond acceptors (Lipinski definition) is 1. The molecule has 102 valence electrons. The summed E-state index contributed by atoms with van der Waals surface area (Å²) < 4.78 is 0. The van der Waals surface area contributed by atoms with E-state index in [1.807, 2.05) is 32.3 Å². The molecule has 1 aliphatic heterocycles. The zero-order chi connectivity index (χ0) is 14.1. The van der Waals surface area contributed by atoms with Gasteiger partial charge in [-0.3, -0.25) is 0 Å². The molecule has 0 aromatic heterocycles. The van der Waals surface area contributed by atoms with Crippen LogP contribution >= 0.6 is 0 Å². The SMILES string of the molecule is CN1CC(c2ccc(-c3ccccc3)cc2)N(C)C1=O. The molecule has 1 heterocycles. The van der Waals surface area contributed by atoms with Gasteiger partial charge in [0.05, 0.1) is 6.04 Å². The zero-order valence-corrected chi connectivity index (χ0v) is 11.8. The minimum atomic E-state index is 0.0853. The maximum Gasteiger partial charge on any atom is 0.320 e. The van der Waals surface area contributed by atoms with Gasteiger partial charge in [-0.05, 0) is 16.7 Å². The fourth-order valence-corrected chi connectivity index (χ4v) is 2.72. The molecule has 0 radical (unpaired) electrons. The molecular formula is C17H18N2O. The van der Waals surface area contributed by atoms with Gasteiger partial charge in [0.1, 0.15) is 0 Å². The number of urea groups is 1. The molecule has 1 atom stereocenters. The van der Waals surface area contributed by atoms with E-state index in [-0.39, 0.29) is 12.1 Å². The minimum Gasteiger partial charge on any atom is -0.325 e. The van der Waals surface area contributed by atoms with Gasteiger partial charge in [-0.1, -0.05) is 54.6 Å². The normalized spacial score (nSPS) is 18.7. The molecule has 2 amide bonds. The Hall–Kier alpha value is -2.29. The quantitative estimate of drug-likeness (QED) is 0.817. The lowest BCUT2D eigenvalue weighted by Gasteiger charge is -2.18. The van der Waals surface area contributed by atoms with Gasteiger partial charge in [-0.25, -0.2) is 4.79 Å². The molecule has 3 heteroatoms. The number of carbonyl (C=O) groups is 1. The summed E-state index contributed by atoms with van der Waals surface area (Å²) in [7, 11) is 3.71. The molecule has 2 aromatic carbocycles. The third-order valence-electron chi connectivity index (χ3n) is 3.95. The van der Waals surface area contributed by atoms with Gasteiger partial charge < -0.3 is 9.80 Å². The van der Waals surface area contributed by atoms with Gasteiger partial charge in [0.25, 0.3) is 0 Å². The first-order chi connectivity index (χ1) is 9.66. The number of benzene rings is 2. The molecule has 1 fully saturated rings. The second-order valence-corrected chi connectivity index (χ2v) is 5.28. The maximum absolute atomic E-state index is 11.8. The lowest BCUT2D eigenvalue weighted by Crippen LogP contribution is -2.26. The number of amides is 2. The van der Waals surface area contributed by atoms with E-state index in [9.17, 15) is 4.79 Å². The second kappa shape index (κ2) is 5.00. The highest BCUT2D eigenvalue weighted by atomic mass is 16.2. The molecule has 1 saturated heterocycles. The molecule has 1 aliphatic rings.